The van der Waals surface area contributed by atoms with E-state index in [1.165, 1.54) is 6.42 Å². The van der Waals surface area contributed by atoms with Gasteiger partial charge in [0.1, 0.15) is 0 Å². The summed E-state index contributed by atoms with van der Waals surface area (Å²) in [5, 5.41) is 3.40. The number of hydrogen-bond donors (Lipinski definition) is 1. The predicted molar refractivity (Wildman–Crippen MR) is 71.6 cm³/mol. The van der Waals surface area contributed by atoms with E-state index in [0.717, 1.165) is 6.42 Å². The fourth-order valence-electron chi connectivity index (χ4n) is 2.70. The van der Waals surface area contributed by atoms with Crippen LogP contribution in [0.1, 0.15) is 54.4 Å². The van der Waals surface area contributed by atoms with E-state index in [9.17, 15) is 4.79 Å². The van der Waals surface area contributed by atoms with Crippen LogP contribution in [-0.2, 0) is 4.79 Å². The highest BCUT2D eigenvalue weighted by Gasteiger charge is 2.40. The first kappa shape index (κ1) is 14.5. The fourth-order valence-corrected chi connectivity index (χ4v) is 2.70. The number of rotatable bonds is 5. The van der Waals surface area contributed by atoms with Gasteiger partial charge in [-0.3, -0.25) is 10.1 Å². The summed E-state index contributed by atoms with van der Waals surface area (Å²) in [6, 6.07) is 0.341. The first-order valence-electron chi connectivity index (χ1n) is 6.96. The predicted octanol–water partition coefficient (Wildman–Crippen LogP) is 2.61. The normalized spacial score (nSPS) is 28.9. The molecule has 0 aliphatic carbocycles. The largest absolute Gasteiger partial charge is 0.323 e. The summed E-state index contributed by atoms with van der Waals surface area (Å²) < 4.78 is 0. The minimum Gasteiger partial charge on any atom is -0.323 e. The van der Waals surface area contributed by atoms with Crippen molar-refractivity contribution in [2.45, 2.75) is 72.6 Å². The standard InChI is InChI=1S/C14H28N2O/c1-7-10(4)8-11(5)16-12(6)15-13(9(2)3)14(16)17/h9-13,15H,7-8H2,1-6H3. The molecule has 0 saturated carbocycles. The molecule has 3 heteroatoms. The highest BCUT2D eigenvalue weighted by Crippen LogP contribution is 2.23. The van der Waals surface area contributed by atoms with E-state index in [1.54, 1.807) is 0 Å². The van der Waals surface area contributed by atoms with E-state index in [2.05, 4.69) is 46.9 Å². The van der Waals surface area contributed by atoms with Gasteiger partial charge in [0.25, 0.3) is 0 Å². The third-order valence-corrected chi connectivity index (χ3v) is 3.94. The van der Waals surface area contributed by atoms with E-state index in [-0.39, 0.29) is 18.1 Å². The van der Waals surface area contributed by atoms with Gasteiger partial charge in [-0.05, 0) is 32.1 Å². The number of hydrogen-bond acceptors (Lipinski definition) is 2. The van der Waals surface area contributed by atoms with Gasteiger partial charge in [-0.2, -0.15) is 0 Å². The molecule has 4 atom stereocenters. The Labute approximate surface area is 106 Å². The molecule has 1 saturated heterocycles. The second-order valence-corrected chi connectivity index (χ2v) is 5.91. The van der Waals surface area contributed by atoms with Crippen LogP contribution in [0.2, 0.25) is 0 Å². The molecular formula is C14H28N2O. The number of carbonyl (C=O) groups is 1. The Hall–Kier alpha value is -0.570. The summed E-state index contributed by atoms with van der Waals surface area (Å²) in [6.07, 6.45) is 2.45. The van der Waals surface area contributed by atoms with Gasteiger partial charge >= 0.3 is 0 Å². The lowest BCUT2D eigenvalue weighted by molar-refractivity contribution is -0.132. The van der Waals surface area contributed by atoms with Crippen LogP contribution in [0.15, 0.2) is 0 Å². The molecule has 0 spiro atoms. The maximum absolute atomic E-state index is 12.3. The van der Waals surface area contributed by atoms with Crippen molar-refractivity contribution in [3.8, 4) is 0 Å². The zero-order valence-electron chi connectivity index (χ0n) is 12.2. The van der Waals surface area contributed by atoms with Crippen LogP contribution < -0.4 is 5.32 Å². The molecule has 1 heterocycles. The van der Waals surface area contributed by atoms with Gasteiger partial charge in [0.2, 0.25) is 5.91 Å². The van der Waals surface area contributed by atoms with Crippen molar-refractivity contribution in [1.82, 2.24) is 10.2 Å². The Balaban J connectivity index is 2.67. The molecule has 1 N–H and O–H groups in total. The summed E-state index contributed by atoms with van der Waals surface area (Å²) in [4.78, 5) is 14.4. The van der Waals surface area contributed by atoms with Gasteiger partial charge in [-0.25, -0.2) is 0 Å². The Bertz CT molecular complexity index is 265. The second kappa shape index (κ2) is 5.85. The van der Waals surface area contributed by atoms with Crippen molar-refractivity contribution in [2.24, 2.45) is 11.8 Å². The third kappa shape index (κ3) is 3.21. The summed E-state index contributed by atoms with van der Waals surface area (Å²) in [5.41, 5.74) is 0. The summed E-state index contributed by atoms with van der Waals surface area (Å²) >= 11 is 0. The summed E-state index contributed by atoms with van der Waals surface area (Å²) in [7, 11) is 0. The smallest absolute Gasteiger partial charge is 0.241 e. The summed E-state index contributed by atoms with van der Waals surface area (Å²) in [6.45, 7) is 12.9. The van der Waals surface area contributed by atoms with Gasteiger partial charge in [0.15, 0.2) is 0 Å². The molecule has 0 radical (unpaired) electrons. The number of carbonyl (C=O) groups excluding carboxylic acids is 1. The monoisotopic (exact) mass is 240 g/mol. The molecule has 100 valence electrons. The van der Waals surface area contributed by atoms with Crippen molar-refractivity contribution in [2.75, 3.05) is 0 Å². The molecule has 17 heavy (non-hydrogen) atoms. The second-order valence-electron chi connectivity index (χ2n) is 5.91. The molecule has 1 fully saturated rings. The molecule has 0 aromatic heterocycles. The Morgan fingerprint density at radius 3 is 2.29 bits per heavy atom. The van der Waals surface area contributed by atoms with E-state index >= 15 is 0 Å². The van der Waals surface area contributed by atoms with Gasteiger partial charge in [-0.1, -0.05) is 34.1 Å². The maximum Gasteiger partial charge on any atom is 0.241 e. The van der Waals surface area contributed by atoms with Crippen molar-refractivity contribution < 1.29 is 4.79 Å². The molecule has 4 unspecified atom stereocenters. The average molecular weight is 240 g/mol. The van der Waals surface area contributed by atoms with Crippen LogP contribution in [0, 0.1) is 11.8 Å². The molecule has 1 rings (SSSR count). The first-order valence-corrected chi connectivity index (χ1v) is 6.96. The minimum atomic E-state index is 0.00406. The molecule has 0 aromatic rings. The Morgan fingerprint density at radius 2 is 1.88 bits per heavy atom. The zero-order valence-corrected chi connectivity index (χ0v) is 12.2. The van der Waals surface area contributed by atoms with Crippen molar-refractivity contribution in [3.63, 3.8) is 0 Å². The Kier molecular flexibility index (Phi) is 4.99. The molecule has 0 bridgehead atoms. The van der Waals surface area contributed by atoms with E-state index in [1.807, 2.05) is 4.90 Å². The molecular weight excluding hydrogens is 212 g/mol. The molecule has 1 amide bonds. The SMILES string of the molecule is CCC(C)CC(C)N1C(=O)C(C(C)C)NC1C. The molecule has 1 aliphatic heterocycles. The van der Waals surface area contributed by atoms with E-state index < -0.39 is 0 Å². The number of nitrogens with zero attached hydrogens (tertiary/aromatic N) is 1. The molecule has 1 aliphatic rings. The van der Waals surface area contributed by atoms with Crippen LogP contribution >= 0.6 is 0 Å². The third-order valence-electron chi connectivity index (χ3n) is 3.94. The molecule has 0 aromatic carbocycles. The van der Waals surface area contributed by atoms with E-state index in [4.69, 9.17) is 0 Å². The van der Waals surface area contributed by atoms with Gasteiger partial charge in [-0.15, -0.1) is 0 Å². The highest BCUT2D eigenvalue weighted by atomic mass is 16.2. The van der Waals surface area contributed by atoms with Gasteiger partial charge in [0, 0.05) is 6.04 Å². The minimum absolute atomic E-state index is 0.00406. The van der Waals surface area contributed by atoms with Crippen LogP contribution in [-0.4, -0.2) is 29.1 Å². The van der Waals surface area contributed by atoms with Gasteiger partial charge < -0.3 is 4.90 Å². The molecule has 3 nitrogen and oxygen atoms in total. The average Bonchev–Trinajstić information content (AvgIpc) is 2.54. The van der Waals surface area contributed by atoms with Crippen molar-refractivity contribution in [1.29, 1.82) is 0 Å². The summed E-state index contributed by atoms with van der Waals surface area (Å²) in [5.74, 6) is 1.33. The first-order chi connectivity index (χ1) is 7.88. The highest BCUT2D eigenvalue weighted by molar-refractivity contribution is 5.84. The Morgan fingerprint density at radius 1 is 1.29 bits per heavy atom. The van der Waals surface area contributed by atoms with Crippen LogP contribution in [0.4, 0.5) is 0 Å². The topological polar surface area (TPSA) is 32.3 Å². The lowest BCUT2D eigenvalue weighted by Crippen LogP contribution is -2.42. The van der Waals surface area contributed by atoms with Crippen LogP contribution in [0.5, 0.6) is 0 Å². The van der Waals surface area contributed by atoms with E-state index in [0.29, 0.717) is 17.9 Å². The zero-order chi connectivity index (χ0) is 13.2. The van der Waals surface area contributed by atoms with Crippen molar-refractivity contribution in [3.05, 3.63) is 0 Å². The lowest BCUT2D eigenvalue weighted by atomic mass is 9.98. The van der Waals surface area contributed by atoms with Crippen LogP contribution in [0.3, 0.4) is 0 Å². The van der Waals surface area contributed by atoms with Crippen LogP contribution in [0.25, 0.3) is 0 Å². The quantitative estimate of drug-likeness (QED) is 0.801. The number of nitrogens with one attached hydrogen (secondary N) is 1. The fraction of sp³-hybridized carbons (Fsp3) is 0.929. The maximum atomic E-state index is 12.3. The lowest BCUT2D eigenvalue weighted by Gasteiger charge is -2.30. The number of amides is 1. The van der Waals surface area contributed by atoms with Crippen molar-refractivity contribution >= 4 is 5.91 Å². The van der Waals surface area contributed by atoms with Gasteiger partial charge in [0.05, 0.1) is 12.2 Å².